The minimum atomic E-state index is -3.72. The molecule has 1 saturated heterocycles. The molecule has 0 saturated carbocycles. The van der Waals surface area contributed by atoms with E-state index in [0.717, 1.165) is 11.0 Å². The maximum atomic E-state index is 13.0. The molecule has 0 bridgehead atoms. The molecule has 0 aliphatic carbocycles. The fourth-order valence-corrected chi connectivity index (χ4v) is 5.84. The monoisotopic (exact) mass is 499 g/mol. The summed E-state index contributed by atoms with van der Waals surface area (Å²) in [6.45, 7) is 3.39. The van der Waals surface area contributed by atoms with Gasteiger partial charge < -0.3 is 9.30 Å². The molecule has 2 amide bonds. The number of fused-ring (bicyclic) bond motifs is 2. The second-order valence-electron chi connectivity index (χ2n) is 8.12. The molecule has 13 heteroatoms. The van der Waals surface area contributed by atoms with E-state index in [0.29, 0.717) is 36.6 Å². The number of carbonyl (C=O) groups excluding carboxylic acids is 2. The number of aryl methyl sites for hydroxylation is 1. The summed E-state index contributed by atoms with van der Waals surface area (Å²) in [6.07, 6.45) is 0. The van der Waals surface area contributed by atoms with E-state index in [-0.39, 0.29) is 41.3 Å². The van der Waals surface area contributed by atoms with Crippen molar-refractivity contribution in [2.45, 2.75) is 24.9 Å². The van der Waals surface area contributed by atoms with Crippen molar-refractivity contribution < 1.29 is 27.7 Å². The highest BCUT2D eigenvalue weighted by Gasteiger charge is 2.37. The molecule has 2 aromatic carbocycles. The van der Waals surface area contributed by atoms with Crippen LogP contribution < -0.4 is 0 Å². The van der Waals surface area contributed by atoms with Gasteiger partial charge in [0.15, 0.2) is 0 Å². The van der Waals surface area contributed by atoms with Crippen LogP contribution in [-0.4, -0.2) is 70.2 Å². The number of hydrogen-bond donors (Lipinski definition) is 0. The van der Waals surface area contributed by atoms with Crippen molar-refractivity contribution in [3.05, 3.63) is 63.5 Å². The molecule has 182 valence electrons. The fourth-order valence-electron chi connectivity index (χ4n) is 4.41. The lowest BCUT2D eigenvalue weighted by atomic mass is 10.1. The molecule has 1 aromatic heterocycles. The highest BCUT2D eigenvalue weighted by Crippen LogP contribution is 2.29. The van der Waals surface area contributed by atoms with Crippen molar-refractivity contribution >= 4 is 38.6 Å². The number of morpholine rings is 1. The highest BCUT2D eigenvalue weighted by molar-refractivity contribution is 7.89. The van der Waals surface area contributed by atoms with Gasteiger partial charge in [-0.15, -0.1) is 0 Å². The van der Waals surface area contributed by atoms with Crippen LogP contribution in [0.3, 0.4) is 0 Å². The van der Waals surface area contributed by atoms with Crippen LogP contribution in [-0.2, 0) is 27.8 Å². The number of imide groups is 1. The molecular weight excluding hydrogens is 478 g/mol. The lowest BCUT2D eigenvalue weighted by Crippen LogP contribution is -2.40. The molecule has 35 heavy (non-hydrogen) atoms. The number of carbonyl (C=O) groups is 2. The molecule has 3 aromatic rings. The first-order chi connectivity index (χ1) is 16.7. The van der Waals surface area contributed by atoms with Crippen LogP contribution in [0.5, 0.6) is 0 Å². The summed E-state index contributed by atoms with van der Waals surface area (Å²) in [5, 5.41) is 11.1. The molecule has 0 atom stereocenters. The van der Waals surface area contributed by atoms with Crippen molar-refractivity contribution in [1.82, 2.24) is 18.8 Å². The van der Waals surface area contributed by atoms with E-state index in [1.165, 1.54) is 28.6 Å². The van der Waals surface area contributed by atoms with E-state index in [1.54, 1.807) is 10.6 Å². The van der Waals surface area contributed by atoms with E-state index >= 15 is 0 Å². The summed E-state index contributed by atoms with van der Waals surface area (Å²) in [7, 11) is -3.72. The summed E-state index contributed by atoms with van der Waals surface area (Å²) in [5.74, 6) is -0.809. The third kappa shape index (κ3) is 3.77. The molecule has 0 N–H and O–H groups in total. The van der Waals surface area contributed by atoms with E-state index in [2.05, 4.69) is 4.98 Å². The van der Waals surface area contributed by atoms with Crippen LogP contribution in [0, 0.1) is 10.1 Å². The Morgan fingerprint density at radius 1 is 1.06 bits per heavy atom. The summed E-state index contributed by atoms with van der Waals surface area (Å²) >= 11 is 0. The first-order valence-corrected chi connectivity index (χ1v) is 12.4. The zero-order valence-corrected chi connectivity index (χ0v) is 19.5. The van der Waals surface area contributed by atoms with Gasteiger partial charge in [0.05, 0.1) is 51.7 Å². The zero-order valence-electron chi connectivity index (χ0n) is 18.7. The van der Waals surface area contributed by atoms with Crippen LogP contribution in [0.25, 0.3) is 11.0 Å². The molecule has 3 heterocycles. The highest BCUT2D eigenvalue weighted by atomic mass is 32.2. The summed E-state index contributed by atoms with van der Waals surface area (Å²) in [4.78, 5) is 41.9. The lowest BCUT2D eigenvalue weighted by Gasteiger charge is -2.26. The Labute approximate surface area is 199 Å². The Hall–Kier alpha value is -3.68. The van der Waals surface area contributed by atoms with Crippen LogP contribution in [0.1, 0.15) is 33.5 Å². The van der Waals surface area contributed by atoms with Gasteiger partial charge in [-0.1, -0.05) is 0 Å². The summed E-state index contributed by atoms with van der Waals surface area (Å²) in [6, 6.07) is 8.23. The van der Waals surface area contributed by atoms with Crippen LogP contribution >= 0.6 is 0 Å². The molecule has 1 fully saturated rings. The third-order valence-corrected chi connectivity index (χ3v) is 8.08. The first kappa shape index (κ1) is 23.1. The minimum Gasteiger partial charge on any atom is -0.379 e. The minimum absolute atomic E-state index is 0.0257. The Kier molecular flexibility index (Phi) is 5.62. The number of hydrogen-bond acceptors (Lipinski definition) is 8. The van der Waals surface area contributed by atoms with E-state index in [9.17, 15) is 28.1 Å². The number of imidazole rings is 1. The van der Waals surface area contributed by atoms with Gasteiger partial charge >= 0.3 is 0 Å². The molecule has 0 unspecified atom stereocenters. The van der Waals surface area contributed by atoms with Gasteiger partial charge in [-0.3, -0.25) is 24.6 Å². The number of aromatic nitrogens is 2. The van der Waals surface area contributed by atoms with Crippen molar-refractivity contribution in [1.29, 1.82) is 0 Å². The molecular formula is C22H21N5O7S. The second kappa shape index (κ2) is 8.52. The van der Waals surface area contributed by atoms with Crippen molar-refractivity contribution in [3.8, 4) is 0 Å². The average Bonchev–Trinajstić information content (AvgIpc) is 3.33. The average molecular weight is 500 g/mol. The van der Waals surface area contributed by atoms with Crippen LogP contribution in [0.4, 0.5) is 5.69 Å². The quantitative estimate of drug-likeness (QED) is 0.283. The summed E-state index contributed by atoms with van der Waals surface area (Å²) < 4.78 is 34.5. The third-order valence-electron chi connectivity index (χ3n) is 6.19. The Balaban J connectivity index is 1.48. The molecule has 2 aliphatic rings. The van der Waals surface area contributed by atoms with Crippen molar-refractivity contribution in [2.75, 3.05) is 26.3 Å². The summed E-state index contributed by atoms with van der Waals surface area (Å²) in [5.41, 5.74) is 0.876. The van der Waals surface area contributed by atoms with Gasteiger partial charge in [0.2, 0.25) is 10.0 Å². The van der Waals surface area contributed by atoms with E-state index in [4.69, 9.17) is 4.74 Å². The number of nitro groups is 1. The first-order valence-electron chi connectivity index (χ1n) is 10.9. The van der Waals surface area contributed by atoms with Crippen LogP contribution in [0.15, 0.2) is 41.3 Å². The van der Waals surface area contributed by atoms with Crippen LogP contribution in [0.2, 0.25) is 0 Å². The zero-order chi connectivity index (χ0) is 24.9. The van der Waals surface area contributed by atoms with Gasteiger partial charge in [-0.05, 0) is 31.2 Å². The standard InChI is InChI=1S/C22H21N5O7S/c1-2-25-19-6-4-15(35(32,33)24-7-9-34-10-8-24)12-18(19)23-20(25)13-26-21(28)16-5-3-14(27(30)31)11-17(16)22(26)29/h3-6,11-12H,2,7-10,13H2,1H3. The number of benzene rings is 2. The van der Waals surface area contributed by atoms with Gasteiger partial charge in [0.1, 0.15) is 5.82 Å². The number of ether oxygens (including phenoxy) is 1. The Morgan fingerprint density at radius 2 is 1.77 bits per heavy atom. The normalized spacial score (nSPS) is 16.8. The predicted molar refractivity (Wildman–Crippen MR) is 122 cm³/mol. The van der Waals surface area contributed by atoms with E-state index in [1.807, 2.05) is 6.92 Å². The van der Waals surface area contributed by atoms with Crippen molar-refractivity contribution in [2.24, 2.45) is 0 Å². The van der Waals surface area contributed by atoms with Gasteiger partial charge in [0, 0.05) is 31.8 Å². The molecule has 0 radical (unpaired) electrons. The number of nitro benzene ring substituents is 1. The number of amides is 2. The largest absolute Gasteiger partial charge is 0.379 e. The number of rotatable bonds is 6. The fraction of sp³-hybridized carbons (Fsp3) is 0.318. The van der Waals surface area contributed by atoms with Gasteiger partial charge in [-0.2, -0.15) is 4.31 Å². The second-order valence-corrected chi connectivity index (χ2v) is 10.1. The van der Waals surface area contributed by atoms with E-state index < -0.39 is 26.8 Å². The van der Waals surface area contributed by atoms with Gasteiger partial charge in [-0.25, -0.2) is 13.4 Å². The Bertz CT molecular complexity index is 1490. The number of non-ortho nitro benzene ring substituents is 1. The maximum Gasteiger partial charge on any atom is 0.270 e. The number of nitrogens with zero attached hydrogens (tertiary/aromatic N) is 5. The maximum absolute atomic E-state index is 13.0. The topological polar surface area (TPSA) is 145 Å². The Morgan fingerprint density at radius 3 is 2.46 bits per heavy atom. The molecule has 12 nitrogen and oxygen atoms in total. The molecule has 0 spiro atoms. The lowest BCUT2D eigenvalue weighted by molar-refractivity contribution is -0.384. The number of sulfonamides is 1. The smallest absolute Gasteiger partial charge is 0.270 e. The molecule has 5 rings (SSSR count). The SMILES string of the molecule is CCn1c(CN2C(=O)c3ccc([N+](=O)[O-])cc3C2=O)nc2cc(S(=O)(=O)N3CCOCC3)ccc21. The molecule has 2 aliphatic heterocycles. The van der Waals surface area contributed by atoms with Crippen molar-refractivity contribution in [3.63, 3.8) is 0 Å². The predicted octanol–water partition coefficient (Wildman–Crippen LogP) is 1.78. The van der Waals surface area contributed by atoms with Gasteiger partial charge in [0.25, 0.3) is 17.5 Å².